The average Bonchev–Trinajstić information content (AvgIpc) is 3.39. The summed E-state index contributed by atoms with van der Waals surface area (Å²) >= 11 is 0. The smallest absolute Gasteiger partial charge is 0.120 e. The van der Waals surface area contributed by atoms with Crippen LogP contribution in [0.15, 0.2) is 102 Å². The third kappa shape index (κ3) is 6.33. The summed E-state index contributed by atoms with van der Waals surface area (Å²) in [6.07, 6.45) is 3.02. The molecule has 6 aromatic rings. The Labute approximate surface area is 264 Å². The molecule has 0 saturated carbocycles. The molecule has 0 bridgehead atoms. The summed E-state index contributed by atoms with van der Waals surface area (Å²) in [5.74, 6) is 0. The van der Waals surface area contributed by atoms with Gasteiger partial charge in [-0.15, -0.1) is 53.2 Å². The summed E-state index contributed by atoms with van der Waals surface area (Å²) in [6.45, 7) is -3.47. The Kier molecular flexibility index (Phi) is 5.91. The number of hydrogen-bond acceptors (Lipinski definition) is 3. The topological polar surface area (TPSA) is 38.9 Å². The van der Waals surface area contributed by atoms with Crippen molar-refractivity contribution in [3.63, 3.8) is 0 Å². The Morgan fingerprint density at radius 2 is 1.57 bits per heavy atom. The van der Waals surface area contributed by atoms with Gasteiger partial charge >= 0.3 is 0 Å². The molecule has 0 aliphatic heterocycles. The average molecular weight is 728 g/mol. The summed E-state index contributed by atoms with van der Waals surface area (Å²) < 4.78 is 78.5. The molecule has 3 nitrogen and oxygen atoms in total. The van der Waals surface area contributed by atoms with E-state index in [0.717, 1.165) is 33.3 Å². The quantitative estimate of drug-likeness (QED) is 0.135. The molecule has 3 heterocycles. The van der Waals surface area contributed by atoms with Crippen molar-refractivity contribution >= 4 is 35.2 Å². The van der Waals surface area contributed by atoms with E-state index in [1.54, 1.807) is 6.20 Å². The zero-order chi connectivity index (χ0) is 35.1. The largest absolute Gasteiger partial charge is 0.501 e. The number of fused-ring (bicyclic) bond motifs is 3. The zero-order valence-corrected chi connectivity index (χ0v) is 25.8. The van der Waals surface area contributed by atoms with Gasteiger partial charge in [0, 0.05) is 58.3 Å². The van der Waals surface area contributed by atoms with Crippen LogP contribution in [0.4, 0.5) is 0 Å². The first-order chi connectivity index (χ1) is 22.4. The van der Waals surface area contributed by atoms with E-state index in [1.165, 1.54) is 12.3 Å². The Balaban J connectivity index is 0.000000349. The summed E-state index contributed by atoms with van der Waals surface area (Å²) in [5, 5.41) is 2.93. The molecule has 5 heteroatoms. The van der Waals surface area contributed by atoms with Gasteiger partial charge in [0.05, 0.1) is 5.58 Å². The van der Waals surface area contributed by atoms with Gasteiger partial charge in [-0.2, -0.15) is 0 Å². The van der Waals surface area contributed by atoms with E-state index in [2.05, 4.69) is 41.7 Å². The molecule has 1 radical (unpaired) electrons. The van der Waals surface area contributed by atoms with Gasteiger partial charge in [0.15, 0.2) is 0 Å². The fourth-order valence-corrected chi connectivity index (χ4v) is 5.93. The van der Waals surface area contributed by atoms with Crippen LogP contribution in [-0.4, -0.2) is 18.0 Å². The molecular weight excluding hydrogens is 685 g/mol. The van der Waals surface area contributed by atoms with E-state index < -0.39 is 34.0 Å². The third-order valence-electron chi connectivity index (χ3n) is 6.36. The van der Waals surface area contributed by atoms with Gasteiger partial charge in [-0.3, -0.25) is 0 Å². The molecule has 0 aliphatic rings. The van der Waals surface area contributed by atoms with Gasteiger partial charge in [-0.05, 0) is 40.6 Å². The molecule has 0 aliphatic carbocycles. The number of nitrogens with zero attached hydrogens (tertiary/aromatic N) is 2. The van der Waals surface area contributed by atoms with E-state index in [9.17, 15) is 0 Å². The number of hydrogen-bond donors (Lipinski definition) is 0. The van der Waals surface area contributed by atoms with Crippen molar-refractivity contribution in [3.8, 4) is 22.5 Å². The molecule has 205 valence electrons. The van der Waals surface area contributed by atoms with E-state index in [4.69, 9.17) is 16.8 Å². The fourth-order valence-electron chi connectivity index (χ4n) is 4.43. The van der Waals surface area contributed by atoms with Gasteiger partial charge in [0.1, 0.15) is 5.58 Å². The maximum Gasteiger partial charge on any atom is 0.120 e. The molecular formula is C35H34IrN2OSi-2. The first-order valence-electron chi connectivity index (χ1n) is 17.1. The van der Waals surface area contributed by atoms with Crippen LogP contribution in [0.25, 0.3) is 44.5 Å². The summed E-state index contributed by atoms with van der Waals surface area (Å²) in [5.41, 5.74) is 0.265. The molecule has 6 rings (SSSR count). The Bertz CT molecular complexity index is 1960. The first-order valence-corrected chi connectivity index (χ1v) is 16.1. The molecule has 3 aromatic carbocycles. The van der Waals surface area contributed by atoms with E-state index in [0.29, 0.717) is 16.7 Å². The van der Waals surface area contributed by atoms with E-state index in [1.807, 2.05) is 72.8 Å². The van der Waals surface area contributed by atoms with Crippen molar-refractivity contribution < 1.29 is 36.9 Å². The second kappa shape index (κ2) is 12.0. The van der Waals surface area contributed by atoms with Crippen molar-refractivity contribution in [2.24, 2.45) is 0 Å². The molecule has 0 amide bonds. The number of para-hydroxylation sites is 1. The minimum absolute atomic E-state index is 0. The molecule has 3 aromatic heterocycles. The van der Waals surface area contributed by atoms with E-state index >= 15 is 0 Å². The van der Waals surface area contributed by atoms with Crippen LogP contribution in [0.3, 0.4) is 0 Å². The van der Waals surface area contributed by atoms with Crippen molar-refractivity contribution in [2.45, 2.75) is 45.6 Å². The predicted molar refractivity (Wildman–Crippen MR) is 166 cm³/mol. The summed E-state index contributed by atoms with van der Waals surface area (Å²) in [4.78, 5) is 8.57. The Morgan fingerprint density at radius 3 is 2.27 bits per heavy atom. The molecule has 0 unspecified atom stereocenters. The van der Waals surface area contributed by atoms with Gasteiger partial charge in [-0.1, -0.05) is 87.5 Å². The van der Waals surface area contributed by atoms with Crippen LogP contribution in [0.2, 0.25) is 19.6 Å². The van der Waals surface area contributed by atoms with Crippen LogP contribution < -0.4 is 5.19 Å². The van der Waals surface area contributed by atoms with Gasteiger partial charge in [0.25, 0.3) is 0 Å². The number of pyridine rings is 2. The molecule has 0 atom stereocenters. The second-order valence-electron chi connectivity index (χ2n) is 10.3. The Morgan fingerprint density at radius 1 is 0.825 bits per heavy atom. The monoisotopic (exact) mass is 728 g/mol. The van der Waals surface area contributed by atoms with Crippen LogP contribution in [0.1, 0.15) is 38.5 Å². The second-order valence-corrected chi connectivity index (χ2v) is 15.3. The van der Waals surface area contributed by atoms with Gasteiger partial charge in [-0.25, -0.2) is 0 Å². The molecule has 0 spiro atoms. The number of rotatable bonds is 3. The standard InChI is InChI=1S/C24H26NOSi.C11H8N.Ir/c1-24(2,3)16-13-14-25-19(15-16)17-11-12-21(27(4,5)6)22-18-9-7-8-10-20(18)26-23(17)22;1-2-6-10(7-3-1)11-8-4-5-9-12-11;/h7-10,12-15H,1-6H3;1-6,8-9H;/q2*-1;/i1D3,2D3,3D3;;. The minimum atomic E-state index is -3.36. The molecule has 0 saturated heterocycles. The minimum Gasteiger partial charge on any atom is -0.501 e. The van der Waals surface area contributed by atoms with Crippen molar-refractivity contribution in [1.29, 1.82) is 0 Å². The number of furan rings is 1. The maximum absolute atomic E-state index is 8.03. The van der Waals surface area contributed by atoms with Crippen molar-refractivity contribution in [3.05, 3.63) is 115 Å². The third-order valence-corrected chi connectivity index (χ3v) is 8.37. The van der Waals surface area contributed by atoms with Gasteiger partial charge in [0.2, 0.25) is 0 Å². The van der Waals surface area contributed by atoms with Crippen molar-refractivity contribution in [1.82, 2.24) is 9.97 Å². The van der Waals surface area contributed by atoms with Crippen molar-refractivity contribution in [2.75, 3.05) is 0 Å². The van der Waals surface area contributed by atoms with Crippen LogP contribution in [-0.2, 0) is 25.5 Å². The van der Waals surface area contributed by atoms with E-state index in [-0.39, 0.29) is 31.4 Å². The first kappa shape index (κ1) is 19.7. The normalized spacial score (nSPS) is 15.8. The van der Waals surface area contributed by atoms with Crippen LogP contribution in [0, 0.1) is 12.1 Å². The predicted octanol–water partition coefficient (Wildman–Crippen LogP) is 8.84. The zero-order valence-electron chi connectivity index (χ0n) is 31.4. The Hall–Kier alpha value is -3.37. The number of benzene rings is 3. The number of aromatic nitrogens is 2. The maximum atomic E-state index is 8.03. The summed E-state index contributed by atoms with van der Waals surface area (Å²) in [7, 11) is -1.85. The summed E-state index contributed by atoms with van der Waals surface area (Å²) in [6, 6.07) is 31.9. The van der Waals surface area contributed by atoms with Gasteiger partial charge < -0.3 is 14.4 Å². The van der Waals surface area contributed by atoms with Crippen LogP contribution >= 0.6 is 0 Å². The molecule has 0 N–H and O–H groups in total. The SMILES string of the molecule is [2H]C([2H])([2H])C(c1ccnc(-c2[c-]cc([Si](C)(C)C)c3c2oc2ccccc23)c1)(C([2H])([2H])[2H])C([2H])([2H])[2H].[Ir].[c-]1ccccc1-c1ccccn1. The molecule has 40 heavy (non-hydrogen) atoms. The molecule has 0 fully saturated rings. The fraction of sp³-hybridized carbons (Fsp3) is 0.200. The van der Waals surface area contributed by atoms with Crippen LogP contribution in [0.5, 0.6) is 0 Å².